The third-order valence-electron chi connectivity index (χ3n) is 3.83. The minimum Gasteiger partial charge on any atom is -0.374 e. The van der Waals surface area contributed by atoms with Gasteiger partial charge in [0.05, 0.1) is 12.2 Å². The predicted octanol–water partition coefficient (Wildman–Crippen LogP) is 2.97. The van der Waals surface area contributed by atoms with E-state index < -0.39 is 0 Å². The van der Waals surface area contributed by atoms with Crippen molar-refractivity contribution in [3.8, 4) is 0 Å². The summed E-state index contributed by atoms with van der Waals surface area (Å²) < 4.78 is 5.94. The first-order valence-electron chi connectivity index (χ1n) is 6.53. The van der Waals surface area contributed by atoms with E-state index in [2.05, 4.69) is 33.1 Å². The van der Waals surface area contributed by atoms with E-state index in [1.54, 1.807) is 0 Å². The van der Waals surface area contributed by atoms with Gasteiger partial charge in [0.1, 0.15) is 0 Å². The number of rotatable bonds is 6. The fourth-order valence-corrected chi connectivity index (χ4v) is 2.57. The molecule has 1 fully saturated rings. The van der Waals surface area contributed by atoms with Crippen LogP contribution in [0.15, 0.2) is 0 Å². The highest BCUT2D eigenvalue weighted by Gasteiger charge is 2.29. The average molecular weight is 213 g/mol. The molecule has 3 atom stereocenters. The van der Waals surface area contributed by atoms with E-state index in [4.69, 9.17) is 4.74 Å². The summed E-state index contributed by atoms with van der Waals surface area (Å²) in [7, 11) is 2.07. The second kappa shape index (κ2) is 6.49. The molecule has 0 radical (unpaired) electrons. The van der Waals surface area contributed by atoms with Crippen molar-refractivity contribution in [2.24, 2.45) is 5.92 Å². The van der Waals surface area contributed by atoms with E-state index in [0.29, 0.717) is 18.2 Å². The Morgan fingerprint density at radius 2 is 1.93 bits per heavy atom. The summed E-state index contributed by atoms with van der Waals surface area (Å²) in [4.78, 5) is 0. The lowest BCUT2D eigenvalue weighted by Gasteiger charge is -2.26. The Bertz CT molecular complexity index is 168. The van der Waals surface area contributed by atoms with Gasteiger partial charge in [-0.25, -0.2) is 0 Å². The van der Waals surface area contributed by atoms with Crippen LogP contribution in [0.5, 0.6) is 0 Å². The van der Waals surface area contributed by atoms with Gasteiger partial charge in [0, 0.05) is 6.04 Å². The van der Waals surface area contributed by atoms with Crippen molar-refractivity contribution in [1.82, 2.24) is 5.32 Å². The quantitative estimate of drug-likeness (QED) is 0.732. The molecule has 15 heavy (non-hydrogen) atoms. The Hall–Kier alpha value is -0.0800. The van der Waals surface area contributed by atoms with Gasteiger partial charge in [-0.05, 0) is 39.2 Å². The molecule has 0 aromatic rings. The second-order valence-electron chi connectivity index (χ2n) is 4.88. The zero-order valence-corrected chi connectivity index (χ0v) is 10.8. The molecule has 1 aliphatic heterocycles. The molecule has 0 amide bonds. The van der Waals surface area contributed by atoms with Crippen LogP contribution in [0.3, 0.4) is 0 Å². The van der Waals surface area contributed by atoms with Gasteiger partial charge in [0.15, 0.2) is 0 Å². The van der Waals surface area contributed by atoms with Crippen molar-refractivity contribution in [3.63, 3.8) is 0 Å². The highest BCUT2D eigenvalue weighted by atomic mass is 16.5. The van der Waals surface area contributed by atoms with Gasteiger partial charge in [-0.3, -0.25) is 0 Å². The second-order valence-corrected chi connectivity index (χ2v) is 4.88. The minimum absolute atomic E-state index is 0.450. The van der Waals surface area contributed by atoms with Gasteiger partial charge >= 0.3 is 0 Å². The van der Waals surface area contributed by atoms with Crippen LogP contribution in [0.4, 0.5) is 0 Å². The fourth-order valence-electron chi connectivity index (χ4n) is 2.57. The molecule has 1 heterocycles. The Kier molecular flexibility index (Phi) is 5.62. The van der Waals surface area contributed by atoms with E-state index >= 15 is 0 Å². The Balaban J connectivity index is 2.41. The normalized spacial score (nSPS) is 28.6. The Morgan fingerprint density at radius 1 is 1.27 bits per heavy atom. The van der Waals surface area contributed by atoms with Crippen LogP contribution in [0.1, 0.15) is 52.9 Å². The molecular formula is C13H27NO. The molecule has 2 heteroatoms. The molecule has 1 saturated heterocycles. The third kappa shape index (κ3) is 3.76. The molecular weight excluding hydrogens is 186 g/mol. The van der Waals surface area contributed by atoms with Gasteiger partial charge in [-0.1, -0.05) is 26.7 Å². The molecule has 3 unspecified atom stereocenters. The molecule has 0 aromatic heterocycles. The van der Waals surface area contributed by atoms with Crippen LogP contribution in [0, 0.1) is 5.92 Å². The molecule has 90 valence electrons. The monoisotopic (exact) mass is 213 g/mol. The number of nitrogens with one attached hydrogen (secondary N) is 1. The first-order valence-corrected chi connectivity index (χ1v) is 6.53. The van der Waals surface area contributed by atoms with Crippen LogP contribution in [-0.4, -0.2) is 25.3 Å². The van der Waals surface area contributed by atoms with Crippen molar-refractivity contribution >= 4 is 0 Å². The number of likely N-dealkylation sites (N-methyl/N-ethyl adjacent to an activating group) is 1. The fraction of sp³-hybridized carbons (Fsp3) is 1.00. The Labute approximate surface area is 94.8 Å². The van der Waals surface area contributed by atoms with Crippen molar-refractivity contribution < 1.29 is 4.74 Å². The molecule has 0 spiro atoms. The summed E-state index contributed by atoms with van der Waals surface area (Å²) in [5.74, 6) is 0.849. The molecule has 1 N–H and O–H groups in total. The molecule has 2 nitrogen and oxygen atoms in total. The van der Waals surface area contributed by atoms with Crippen molar-refractivity contribution in [2.45, 2.75) is 71.1 Å². The summed E-state index contributed by atoms with van der Waals surface area (Å²) in [5, 5.41) is 3.44. The van der Waals surface area contributed by atoms with Gasteiger partial charge in [-0.15, -0.1) is 0 Å². The standard InChI is InChI=1S/C13H27NO/c1-5-11(6-2)9-12(14-4)13-8-7-10(3)15-13/h10-14H,5-9H2,1-4H3. The summed E-state index contributed by atoms with van der Waals surface area (Å²) >= 11 is 0. The highest BCUT2D eigenvalue weighted by Crippen LogP contribution is 2.26. The lowest BCUT2D eigenvalue weighted by atomic mass is 9.91. The maximum absolute atomic E-state index is 5.94. The van der Waals surface area contributed by atoms with Crippen molar-refractivity contribution in [2.75, 3.05) is 7.05 Å². The summed E-state index contributed by atoms with van der Waals surface area (Å²) in [6.07, 6.45) is 7.21. The number of hydrogen-bond acceptors (Lipinski definition) is 2. The van der Waals surface area contributed by atoms with E-state index in [0.717, 1.165) is 5.92 Å². The Morgan fingerprint density at radius 3 is 2.33 bits per heavy atom. The molecule has 0 bridgehead atoms. The lowest BCUT2D eigenvalue weighted by Crippen LogP contribution is -2.39. The molecule has 1 rings (SSSR count). The SMILES string of the molecule is CCC(CC)CC(NC)C1CCC(C)O1. The van der Waals surface area contributed by atoms with Gasteiger partial charge < -0.3 is 10.1 Å². The van der Waals surface area contributed by atoms with Gasteiger partial charge in [-0.2, -0.15) is 0 Å². The van der Waals surface area contributed by atoms with Crippen LogP contribution in [-0.2, 0) is 4.74 Å². The first-order chi connectivity index (χ1) is 7.21. The van der Waals surface area contributed by atoms with Crippen LogP contribution in [0.25, 0.3) is 0 Å². The molecule has 0 saturated carbocycles. The minimum atomic E-state index is 0.450. The molecule has 0 aromatic carbocycles. The number of hydrogen-bond donors (Lipinski definition) is 1. The largest absolute Gasteiger partial charge is 0.374 e. The summed E-state index contributed by atoms with van der Waals surface area (Å²) in [5.41, 5.74) is 0. The first kappa shape index (κ1) is 13.0. The van der Waals surface area contributed by atoms with E-state index in [1.165, 1.54) is 32.1 Å². The van der Waals surface area contributed by atoms with Crippen LogP contribution in [0.2, 0.25) is 0 Å². The number of ether oxygens (including phenoxy) is 1. The maximum Gasteiger partial charge on any atom is 0.0732 e. The smallest absolute Gasteiger partial charge is 0.0732 e. The van der Waals surface area contributed by atoms with E-state index in [9.17, 15) is 0 Å². The molecule has 0 aliphatic carbocycles. The zero-order chi connectivity index (χ0) is 11.3. The zero-order valence-electron chi connectivity index (χ0n) is 10.8. The summed E-state index contributed by atoms with van der Waals surface area (Å²) in [6, 6.07) is 0.555. The maximum atomic E-state index is 5.94. The van der Waals surface area contributed by atoms with E-state index in [1.807, 2.05) is 0 Å². The topological polar surface area (TPSA) is 21.3 Å². The third-order valence-corrected chi connectivity index (χ3v) is 3.83. The van der Waals surface area contributed by atoms with Crippen LogP contribution >= 0.6 is 0 Å². The van der Waals surface area contributed by atoms with Gasteiger partial charge in [0.25, 0.3) is 0 Å². The lowest BCUT2D eigenvalue weighted by molar-refractivity contribution is 0.0277. The van der Waals surface area contributed by atoms with E-state index in [-0.39, 0.29) is 0 Å². The van der Waals surface area contributed by atoms with Crippen molar-refractivity contribution in [1.29, 1.82) is 0 Å². The van der Waals surface area contributed by atoms with Crippen molar-refractivity contribution in [3.05, 3.63) is 0 Å². The van der Waals surface area contributed by atoms with Gasteiger partial charge in [0.2, 0.25) is 0 Å². The summed E-state index contributed by atoms with van der Waals surface area (Å²) in [6.45, 7) is 6.77. The van der Waals surface area contributed by atoms with Crippen LogP contribution < -0.4 is 5.32 Å². The molecule has 1 aliphatic rings. The average Bonchev–Trinajstić information content (AvgIpc) is 2.67. The highest BCUT2D eigenvalue weighted by molar-refractivity contribution is 4.83. The predicted molar refractivity (Wildman–Crippen MR) is 65.1 cm³/mol.